The average molecular weight is 377 g/mol. The third-order valence-corrected chi connectivity index (χ3v) is 6.11. The molecule has 3 heterocycles. The summed E-state index contributed by atoms with van der Waals surface area (Å²) in [6, 6.07) is 11.5. The van der Waals surface area contributed by atoms with E-state index in [-0.39, 0.29) is 17.7 Å². The Morgan fingerprint density at radius 3 is 2.67 bits per heavy atom. The van der Waals surface area contributed by atoms with Crippen LogP contribution < -0.4 is 10.6 Å². The second kappa shape index (κ2) is 6.96. The largest absolute Gasteiger partial charge is 0.321 e. The van der Waals surface area contributed by atoms with Gasteiger partial charge in [0.05, 0.1) is 9.88 Å². The number of carbonyl (C=O) groups is 2. The molecule has 2 amide bonds. The summed E-state index contributed by atoms with van der Waals surface area (Å²) in [6.45, 7) is 3.91. The summed E-state index contributed by atoms with van der Waals surface area (Å²) in [5.41, 5.74) is 4.78. The number of aryl methyl sites for hydroxylation is 1. The van der Waals surface area contributed by atoms with E-state index in [9.17, 15) is 9.59 Å². The fraction of sp³-hybridized carbons (Fsp3) is 0.190. The van der Waals surface area contributed by atoms with Crippen molar-refractivity contribution >= 4 is 33.8 Å². The summed E-state index contributed by atoms with van der Waals surface area (Å²) in [7, 11) is 0. The van der Waals surface area contributed by atoms with Crippen LogP contribution in [0.3, 0.4) is 0 Å². The Morgan fingerprint density at radius 1 is 1.19 bits per heavy atom. The number of pyridine rings is 1. The number of rotatable bonds is 3. The third-order valence-electron chi connectivity index (χ3n) is 4.89. The summed E-state index contributed by atoms with van der Waals surface area (Å²) < 4.78 is 0. The van der Waals surface area contributed by atoms with Gasteiger partial charge in [0.2, 0.25) is 5.91 Å². The van der Waals surface area contributed by atoms with Gasteiger partial charge in [-0.2, -0.15) is 0 Å². The molecule has 0 aliphatic carbocycles. The molecular formula is C21H19N3O2S. The van der Waals surface area contributed by atoms with Gasteiger partial charge in [-0.25, -0.2) is 0 Å². The van der Waals surface area contributed by atoms with E-state index in [0.717, 1.165) is 32.9 Å². The molecule has 1 aromatic carbocycles. The second-order valence-electron chi connectivity index (χ2n) is 6.65. The number of para-hydroxylation sites is 1. The number of hydrogen-bond donors (Lipinski definition) is 2. The van der Waals surface area contributed by atoms with Crippen molar-refractivity contribution in [3.63, 3.8) is 0 Å². The molecule has 0 fully saturated rings. The standard InChI is InChI=1S/C21H19N3O2S/c1-12-5-3-4-6-16(12)23-20(26)19-13(2)18-15(14-7-9-22-10-8-14)11-17(25)24-21(18)27-19/h3-10,15H,11H2,1-2H3,(H,23,26)(H,24,25). The molecule has 136 valence electrons. The van der Waals surface area contributed by atoms with Crippen LogP contribution >= 0.6 is 11.3 Å². The highest BCUT2D eigenvalue weighted by atomic mass is 32.1. The number of anilines is 2. The minimum atomic E-state index is -0.149. The number of benzene rings is 1. The van der Waals surface area contributed by atoms with Crippen molar-refractivity contribution in [3.8, 4) is 0 Å². The van der Waals surface area contributed by atoms with Gasteiger partial charge >= 0.3 is 0 Å². The summed E-state index contributed by atoms with van der Waals surface area (Å²) in [5.74, 6) is -0.242. The fourth-order valence-electron chi connectivity index (χ4n) is 3.49. The van der Waals surface area contributed by atoms with E-state index in [1.807, 2.05) is 50.2 Å². The van der Waals surface area contributed by atoms with Crippen LogP contribution in [0.2, 0.25) is 0 Å². The van der Waals surface area contributed by atoms with Crippen molar-refractivity contribution in [2.75, 3.05) is 10.6 Å². The zero-order chi connectivity index (χ0) is 19.0. The molecule has 2 N–H and O–H groups in total. The molecule has 1 unspecified atom stereocenters. The van der Waals surface area contributed by atoms with Crippen LogP contribution in [0.25, 0.3) is 0 Å². The molecule has 0 spiro atoms. The molecule has 1 aliphatic rings. The summed E-state index contributed by atoms with van der Waals surface area (Å²) in [6.07, 6.45) is 3.83. The number of hydrogen-bond acceptors (Lipinski definition) is 4. The zero-order valence-corrected chi connectivity index (χ0v) is 15.9. The Kier molecular flexibility index (Phi) is 4.49. The Morgan fingerprint density at radius 2 is 1.93 bits per heavy atom. The summed E-state index contributed by atoms with van der Waals surface area (Å²) in [5, 5.41) is 6.69. The van der Waals surface area contributed by atoms with Gasteiger partial charge in [-0.05, 0) is 54.3 Å². The number of nitrogens with one attached hydrogen (secondary N) is 2. The molecule has 0 saturated carbocycles. The second-order valence-corrected chi connectivity index (χ2v) is 7.67. The molecule has 1 atom stereocenters. The molecule has 3 aromatic rings. The van der Waals surface area contributed by atoms with Crippen LogP contribution in [-0.2, 0) is 4.79 Å². The topological polar surface area (TPSA) is 71.1 Å². The van der Waals surface area contributed by atoms with E-state index >= 15 is 0 Å². The molecule has 0 radical (unpaired) electrons. The normalized spacial score (nSPS) is 15.8. The van der Waals surface area contributed by atoms with Crippen LogP contribution in [0.4, 0.5) is 10.7 Å². The highest BCUT2D eigenvalue weighted by Gasteiger charge is 2.32. The van der Waals surface area contributed by atoms with E-state index in [1.54, 1.807) is 12.4 Å². The van der Waals surface area contributed by atoms with Crippen LogP contribution in [-0.4, -0.2) is 16.8 Å². The lowest BCUT2D eigenvalue weighted by molar-refractivity contribution is -0.116. The van der Waals surface area contributed by atoms with E-state index in [0.29, 0.717) is 11.3 Å². The van der Waals surface area contributed by atoms with Gasteiger partial charge in [-0.1, -0.05) is 18.2 Å². The first-order valence-corrected chi connectivity index (χ1v) is 9.56. The lowest BCUT2D eigenvalue weighted by atomic mass is 9.85. The van der Waals surface area contributed by atoms with Crippen molar-refractivity contribution in [1.29, 1.82) is 0 Å². The fourth-order valence-corrected chi connectivity index (χ4v) is 4.67. The van der Waals surface area contributed by atoms with Crippen molar-refractivity contribution in [2.24, 2.45) is 0 Å². The zero-order valence-electron chi connectivity index (χ0n) is 15.1. The molecular weight excluding hydrogens is 358 g/mol. The molecule has 6 heteroatoms. The SMILES string of the molecule is Cc1ccccc1NC(=O)c1sc2c(c1C)C(c1ccncc1)CC(=O)N2. The van der Waals surface area contributed by atoms with E-state index < -0.39 is 0 Å². The quantitative estimate of drug-likeness (QED) is 0.707. The monoisotopic (exact) mass is 377 g/mol. The maximum absolute atomic E-state index is 12.9. The smallest absolute Gasteiger partial charge is 0.266 e. The average Bonchev–Trinajstić information content (AvgIpc) is 3.00. The molecule has 0 bridgehead atoms. The number of nitrogens with zero attached hydrogens (tertiary/aromatic N) is 1. The Bertz CT molecular complexity index is 1030. The highest BCUT2D eigenvalue weighted by molar-refractivity contribution is 7.18. The molecule has 27 heavy (non-hydrogen) atoms. The molecule has 5 nitrogen and oxygen atoms in total. The van der Waals surface area contributed by atoms with Gasteiger partial charge < -0.3 is 10.6 Å². The van der Waals surface area contributed by atoms with Crippen LogP contribution in [0, 0.1) is 13.8 Å². The number of fused-ring (bicyclic) bond motifs is 1. The number of amides is 2. The van der Waals surface area contributed by atoms with Gasteiger partial charge in [0, 0.05) is 30.4 Å². The third kappa shape index (κ3) is 3.24. The number of thiophene rings is 1. The minimum Gasteiger partial charge on any atom is -0.321 e. The van der Waals surface area contributed by atoms with Crippen LogP contribution in [0.1, 0.15) is 44.3 Å². The summed E-state index contributed by atoms with van der Waals surface area (Å²) >= 11 is 1.34. The van der Waals surface area contributed by atoms with E-state index in [2.05, 4.69) is 15.6 Å². The summed E-state index contributed by atoms with van der Waals surface area (Å²) in [4.78, 5) is 29.8. The predicted molar refractivity (Wildman–Crippen MR) is 108 cm³/mol. The Labute approximate surface area is 161 Å². The maximum atomic E-state index is 12.9. The number of carbonyl (C=O) groups excluding carboxylic acids is 2. The van der Waals surface area contributed by atoms with Crippen LogP contribution in [0.15, 0.2) is 48.8 Å². The number of aromatic nitrogens is 1. The molecule has 4 rings (SSSR count). The van der Waals surface area contributed by atoms with Crippen molar-refractivity contribution < 1.29 is 9.59 Å². The van der Waals surface area contributed by atoms with Gasteiger partial charge in [-0.15, -0.1) is 11.3 Å². The van der Waals surface area contributed by atoms with E-state index in [1.165, 1.54) is 11.3 Å². The van der Waals surface area contributed by atoms with Gasteiger partial charge in [0.15, 0.2) is 0 Å². The highest BCUT2D eigenvalue weighted by Crippen LogP contribution is 2.45. The van der Waals surface area contributed by atoms with Crippen molar-refractivity contribution in [3.05, 3.63) is 75.9 Å². The Balaban J connectivity index is 1.72. The lowest BCUT2D eigenvalue weighted by Crippen LogP contribution is -2.22. The first-order valence-electron chi connectivity index (χ1n) is 8.74. The minimum absolute atomic E-state index is 0.0311. The lowest BCUT2D eigenvalue weighted by Gasteiger charge is -2.24. The first-order chi connectivity index (χ1) is 13.0. The van der Waals surface area contributed by atoms with Gasteiger partial charge in [0.1, 0.15) is 0 Å². The molecule has 1 aliphatic heterocycles. The first kappa shape index (κ1) is 17.4. The van der Waals surface area contributed by atoms with E-state index in [4.69, 9.17) is 0 Å². The Hall–Kier alpha value is -2.99. The van der Waals surface area contributed by atoms with Crippen LogP contribution in [0.5, 0.6) is 0 Å². The maximum Gasteiger partial charge on any atom is 0.266 e. The van der Waals surface area contributed by atoms with Crippen molar-refractivity contribution in [1.82, 2.24) is 4.98 Å². The predicted octanol–water partition coefficient (Wildman–Crippen LogP) is 4.49. The van der Waals surface area contributed by atoms with Gasteiger partial charge in [-0.3, -0.25) is 14.6 Å². The van der Waals surface area contributed by atoms with Gasteiger partial charge in [0.25, 0.3) is 5.91 Å². The van der Waals surface area contributed by atoms with Crippen molar-refractivity contribution in [2.45, 2.75) is 26.2 Å². The molecule has 2 aromatic heterocycles. The molecule has 0 saturated heterocycles.